The van der Waals surface area contributed by atoms with Gasteiger partial charge in [-0.2, -0.15) is 0 Å². The molecule has 1 amide bonds. The molecule has 0 saturated carbocycles. The number of carbonyl (C=O) groups excluding carboxylic acids is 1. The average Bonchev–Trinajstić information content (AvgIpc) is 3.27. The number of nitrogens with one attached hydrogen (secondary N) is 1. The van der Waals surface area contributed by atoms with Gasteiger partial charge in [0.15, 0.2) is 0 Å². The molecular weight excluding hydrogens is 476 g/mol. The largest absolute Gasteiger partial charge is 0.481 e. The Morgan fingerprint density at radius 1 is 0.919 bits per heavy atom. The lowest BCUT2D eigenvalue weighted by Gasteiger charge is -2.15. The topological polar surface area (TPSA) is 92.2 Å². The first-order valence-corrected chi connectivity index (χ1v) is 12.2. The standard InChI is InChI=1S/C29H25F2N3O3/c30-20-9-5-17(6-10-20)28-25(3-1-2-4-27(35)36)32-26-16-19(8-14-24(26)33-28)29(37)34-23-13-7-18-15-21(31)11-12-22(18)23/h5-6,8-12,14-16,23H,1-4,7,13H2,(H,34,37)(H,35,36)/t23-/m1/s1. The van der Waals surface area contributed by atoms with E-state index in [9.17, 15) is 18.4 Å². The van der Waals surface area contributed by atoms with E-state index in [1.165, 1.54) is 24.3 Å². The maximum Gasteiger partial charge on any atom is 0.303 e. The molecule has 0 saturated heterocycles. The fourth-order valence-corrected chi connectivity index (χ4v) is 4.79. The minimum Gasteiger partial charge on any atom is -0.481 e. The molecule has 0 aliphatic heterocycles. The van der Waals surface area contributed by atoms with E-state index >= 15 is 0 Å². The molecule has 0 bridgehead atoms. The number of rotatable bonds is 8. The molecule has 1 heterocycles. The molecule has 4 aromatic rings. The summed E-state index contributed by atoms with van der Waals surface area (Å²) in [7, 11) is 0. The number of carbonyl (C=O) groups is 2. The maximum absolute atomic E-state index is 13.5. The van der Waals surface area contributed by atoms with Crippen LogP contribution in [0.2, 0.25) is 0 Å². The smallest absolute Gasteiger partial charge is 0.303 e. The lowest BCUT2D eigenvalue weighted by atomic mass is 10.0. The Morgan fingerprint density at radius 2 is 1.70 bits per heavy atom. The lowest BCUT2D eigenvalue weighted by Crippen LogP contribution is -2.27. The summed E-state index contributed by atoms with van der Waals surface area (Å²) in [6.07, 6.45) is 3.07. The Labute approximate surface area is 212 Å². The van der Waals surface area contributed by atoms with Crippen molar-refractivity contribution >= 4 is 22.9 Å². The van der Waals surface area contributed by atoms with Gasteiger partial charge >= 0.3 is 5.97 Å². The van der Waals surface area contributed by atoms with E-state index in [0.29, 0.717) is 65.7 Å². The molecule has 1 aliphatic carbocycles. The van der Waals surface area contributed by atoms with E-state index in [4.69, 9.17) is 15.1 Å². The molecule has 2 N–H and O–H groups in total. The van der Waals surface area contributed by atoms with Gasteiger partial charge in [0.05, 0.1) is 28.5 Å². The molecule has 5 rings (SSSR count). The van der Waals surface area contributed by atoms with E-state index in [1.54, 1.807) is 36.4 Å². The quantitative estimate of drug-likeness (QED) is 0.298. The predicted octanol–water partition coefficient (Wildman–Crippen LogP) is 5.79. The number of aryl methyl sites for hydroxylation is 2. The highest BCUT2D eigenvalue weighted by Crippen LogP contribution is 2.32. The molecule has 0 radical (unpaired) electrons. The van der Waals surface area contributed by atoms with Crippen LogP contribution in [0.4, 0.5) is 8.78 Å². The van der Waals surface area contributed by atoms with Gasteiger partial charge in [-0.25, -0.2) is 18.7 Å². The highest BCUT2D eigenvalue weighted by atomic mass is 19.1. The fourth-order valence-electron chi connectivity index (χ4n) is 4.79. The minimum atomic E-state index is -0.853. The second-order valence-electron chi connectivity index (χ2n) is 9.24. The SMILES string of the molecule is O=C(O)CCCCc1nc2cc(C(=O)N[C@@H]3CCc4cc(F)ccc43)ccc2nc1-c1ccc(F)cc1. The van der Waals surface area contributed by atoms with Gasteiger partial charge in [0.1, 0.15) is 11.6 Å². The first-order chi connectivity index (χ1) is 17.9. The zero-order chi connectivity index (χ0) is 25.9. The summed E-state index contributed by atoms with van der Waals surface area (Å²) in [6.45, 7) is 0. The van der Waals surface area contributed by atoms with Crippen LogP contribution < -0.4 is 5.32 Å². The first-order valence-electron chi connectivity index (χ1n) is 12.2. The maximum atomic E-state index is 13.5. The van der Waals surface area contributed by atoms with Crippen molar-refractivity contribution < 1.29 is 23.5 Å². The number of aromatic nitrogens is 2. The summed E-state index contributed by atoms with van der Waals surface area (Å²) in [5.41, 5.74) is 5.39. The summed E-state index contributed by atoms with van der Waals surface area (Å²) in [4.78, 5) is 33.5. The molecule has 1 aliphatic rings. The number of benzene rings is 3. The monoisotopic (exact) mass is 501 g/mol. The summed E-state index contributed by atoms with van der Waals surface area (Å²) in [5.74, 6) is -1.74. The van der Waals surface area contributed by atoms with Gasteiger partial charge in [0, 0.05) is 17.5 Å². The predicted molar refractivity (Wildman–Crippen MR) is 135 cm³/mol. The molecule has 1 atom stereocenters. The highest BCUT2D eigenvalue weighted by molar-refractivity contribution is 5.97. The first kappa shape index (κ1) is 24.5. The Balaban J connectivity index is 1.42. The summed E-state index contributed by atoms with van der Waals surface area (Å²) >= 11 is 0. The number of hydrogen-bond donors (Lipinski definition) is 2. The van der Waals surface area contributed by atoms with Crippen LogP contribution in [0.5, 0.6) is 0 Å². The van der Waals surface area contributed by atoms with Gasteiger partial charge in [0.2, 0.25) is 0 Å². The van der Waals surface area contributed by atoms with E-state index < -0.39 is 5.97 Å². The van der Waals surface area contributed by atoms with Crippen molar-refractivity contribution in [2.45, 2.75) is 44.6 Å². The number of aliphatic carboxylic acids is 1. The van der Waals surface area contributed by atoms with Crippen LogP contribution >= 0.6 is 0 Å². The van der Waals surface area contributed by atoms with Crippen molar-refractivity contribution in [1.82, 2.24) is 15.3 Å². The van der Waals surface area contributed by atoms with Gasteiger partial charge < -0.3 is 10.4 Å². The van der Waals surface area contributed by atoms with Gasteiger partial charge in [-0.3, -0.25) is 9.59 Å². The number of amides is 1. The number of halogens is 2. The van der Waals surface area contributed by atoms with Gasteiger partial charge in [-0.05, 0) is 97.8 Å². The third-order valence-electron chi connectivity index (χ3n) is 6.66. The molecular formula is C29H25F2N3O3. The number of carboxylic acid groups (broad SMARTS) is 1. The Kier molecular flexibility index (Phi) is 6.90. The van der Waals surface area contributed by atoms with Crippen LogP contribution in [0.3, 0.4) is 0 Å². The van der Waals surface area contributed by atoms with Crippen molar-refractivity contribution in [2.24, 2.45) is 0 Å². The van der Waals surface area contributed by atoms with E-state index in [2.05, 4.69) is 5.32 Å². The van der Waals surface area contributed by atoms with Gasteiger partial charge in [-0.1, -0.05) is 6.07 Å². The molecule has 0 spiro atoms. The zero-order valence-corrected chi connectivity index (χ0v) is 20.0. The van der Waals surface area contributed by atoms with Gasteiger partial charge in [-0.15, -0.1) is 0 Å². The van der Waals surface area contributed by atoms with Crippen LogP contribution in [-0.2, 0) is 17.6 Å². The average molecular weight is 502 g/mol. The number of carboxylic acids is 1. The van der Waals surface area contributed by atoms with Crippen molar-refractivity contribution in [2.75, 3.05) is 0 Å². The summed E-state index contributed by atoms with van der Waals surface area (Å²) in [6, 6.07) is 15.6. The van der Waals surface area contributed by atoms with Crippen LogP contribution in [-0.4, -0.2) is 27.0 Å². The van der Waals surface area contributed by atoms with Crippen LogP contribution in [0.1, 0.15) is 58.9 Å². The zero-order valence-electron chi connectivity index (χ0n) is 20.0. The van der Waals surface area contributed by atoms with Crippen molar-refractivity contribution in [1.29, 1.82) is 0 Å². The summed E-state index contributed by atoms with van der Waals surface area (Å²) in [5, 5.41) is 12.0. The van der Waals surface area contributed by atoms with Crippen LogP contribution in [0.25, 0.3) is 22.3 Å². The molecule has 6 nitrogen and oxygen atoms in total. The van der Waals surface area contributed by atoms with E-state index in [1.807, 2.05) is 0 Å². The summed E-state index contributed by atoms with van der Waals surface area (Å²) < 4.78 is 27.0. The van der Waals surface area contributed by atoms with Crippen molar-refractivity contribution in [3.63, 3.8) is 0 Å². The number of fused-ring (bicyclic) bond motifs is 2. The molecule has 1 aromatic heterocycles. The normalized spacial score (nSPS) is 14.5. The van der Waals surface area contributed by atoms with Crippen molar-refractivity contribution in [3.05, 3.63) is 94.7 Å². The molecule has 0 unspecified atom stereocenters. The van der Waals surface area contributed by atoms with E-state index in [-0.39, 0.29) is 30.0 Å². The number of hydrogen-bond acceptors (Lipinski definition) is 4. The lowest BCUT2D eigenvalue weighted by molar-refractivity contribution is -0.137. The number of nitrogens with zero attached hydrogens (tertiary/aromatic N) is 2. The van der Waals surface area contributed by atoms with Gasteiger partial charge in [0.25, 0.3) is 5.91 Å². The molecule has 37 heavy (non-hydrogen) atoms. The van der Waals surface area contributed by atoms with Crippen LogP contribution in [0.15, 0.2) is 60.7 Å². The Morgan fingerprint density at radius 3 is 2.49 bits per heavy atom. The number of unbranched alkanes of at least 4 members (excludes halogenated alkanes) is 1. The second-order valence-corrected chi connectivity index (χ2v) is 9.24. The Hall–Kier alpha value is -4.20. The fraction of sp³-hybridized carbons (Fsp3) is 0.241. The molecule has 3 aromatic carbocycles. The molecule has 0 fully saturated rings. The molecule has 8 heteroatoms. The van der Waals surface area contributed by atoms with Crippen LogP contribution in [0, 0.1) is 11.6 Å². The second kappa shape index (κ2) is 10.4. The van der Waals surface area contributed by atoms with Crippen molar-refractivity contribution in [3.8, 4) is 11.3 Å². The highest BCUT2D eigenvalue weighted by Gasteiger charge is 2.25. The third-order valence-corrected chi connectivity index (χ3v) is 6.66. The van der Waals surface area contributed by atoms with E-state index in [0.717, 1.165) is 11.1 Å². The Bertz CT molecular complexity index is 1490. The minimum absolute atomic E-state index is 0.0636. The molecule has 188 valence electrons. The third kappa shape index (κ3) is 5.48.